The Balaban J connectivity index is 2.38. The summed E-state index contributed by atoms with van der Waals surface area (Å²) in [5, 5.41) is 12.2. The van der Waals surface area contributed by atoms with E-state index >= 15 is 0 Å². The molecule has 2 rings (SSSR count). The second-order valence-electron chi connectivity index (χ2n) is 3.48. The van der Waals surface area contributed by atoms with Crippen LogP contribution >= 0.6 is 27.5 Å². The van der Waals surface area contributed by atoms with Gasteiger partial charge in [-0.2, -0.15) is 5.26 Å². The number of hydrogen-bond acceptors (Lipinski definition) is 5. The van der Waals surface area contributed by atoms with Crippen molar-refractivity contribution in [3.63, 3.8) is 0 Å². The Bertz CT molecular complexity index is 657. The summed E-state index contributed by atoms with van der Waals surface area (Å²) in [6.45, 7) is 0. The lowest BCUT2D eigenvalue weighted by atomic mass is 10.2. The number of hydrogen-bond donors (Lipinski definition) is 1. The van der Waals surface area contributed by atoms with Gasteiger partial charge in [0.1, 0.15) is 23.0 Å². The minimum Gasteiger partial charge on any atom is -0.495 e. The highest BCUT2D eigenvalue weighted by atomic mass is 79.9. The van der Waals surface area contributed by atoms with Crippen molar-refractivity contribution in [2.75, 3.05) is 12.4 Å². The van der Waals surface area contributed by atoms with E-state index in [4.69, 9.17) is 21.6 Å². The van der Waals surface area contributed by atoms with Crippen LogP contribution in [-0.4, -0.2) is 17.1 Å². The summed E-state index contributed by atoms with van der Waals surface area (Å²) >= 11 is 9.19. The first kappa shape index (κ1) is 13.6. The molecule has 19 heavy (non-hydrogen) atoms. The van der Waals surface area contributed by atoms with Crippen LogP contribution in [0.25, 0.3) is 0 Å². The monoisotopic (exact) mass is 338 g/mol. The summed E-state index contributed by atoms with van der Waals surface area (Å²) in [5.74, 6) is 1.06. The average Bonchev–Trinajstić information content (AvgIpc) is 2.44. The Morgan fingerprint density at radius 3 is 2.89 bits per heavy atom. The van der Waals surface area contributed by atoms with Crippen LogP contribution in [0, 0.1) is 11.3 Å². The molecule has 1 heterocycles. The molecule has 1 N–H and O–H groups in total. The van der Waals surface area contributed by atoms with E-state index < -0.39 is 0 Å². The third-order valence-electron chi connectivity index (χ3n) is 2.33. The predicted octanol–water partition coefficient (Wildman–Crippen LogP) is 3.52. The molecular formula is C12H8BrClN4O. The molecule has 0 fully saturated rings. The van der Waals surface area contributed by atoms with Gasteiger partial charge in [-0.3, -0.25) is 0 Å². The first-order chi connectivity index (χ1) is 9.15. The van der Waals surface area contributed by atoms with Gasteiger partial charge < -0.3 is 10.1 Å². The number of rotatable bonds is 3. The molecule has 1 aromatic heterocycles. The lowest BCUT2D eigenvalue weighted by molar-refractivity contribution is 0.416. The predicted molar refractivity (Wildman–Crippen MR) is 75.7 cm³/mol. The average molecular weight is 340 g/mol. The summed E-state index contributed by atoms with van der Waals surface area (Å²) in [6.07, 6.45) is 1.35. The number of nitrogens with one attached hydrogen (secondary N) is 1. The summed E-state index contributed by atoms with van der Waals surface area (Å²) in [7, 11) is 1.53. The molecule has 0 aliphatic carbocycles. The van der Waals surface area contributed by atoms with E-state index in [0.29, 0.717) is 32.4 Å². The molecule has 0 atom stereocenters. The Labute approximate surface area is 123 Å². The van der Waals surface area contributed by atoms with Crippen molar-refractivity contribution in [2.45, 2.75) is 0 Å². The molecule has 0 bridgehead atoms. The van der Waals surface area contributed by atoms with Gasteiger partial charge >= 0.3 is 0 Å². The molecular weight excluding hydrogens is 332 g/mol. The van der Waals surface area contributed by atoms with Crippen molar-refractivity contribution in [2.24, 2.45) is 0 Å². The van der Waals surface area contributed by atoms with Crippen molar-refractivity contribution in [3.05, 3.63) is 39.7 Å². The van der Waals surface area contributed by atoms with E-state index in [2.05, 4.69) is 31.2 Å². The molecule has 0 aliphatic rings. The van der Waals surface area contributed by atoms with Gasteiger partial charge in [-0.1, -0.05) is 11.6 Å². The van der Waals surface area contributed by atoms with Gasteiger partial charge in [0.25, 0.3) is 0 Å². The molecule has 96 valence electrons. The normalized spacial score (nSPS) is 9.79. The highest BCUT2D eigenvalue weighted by Gasteiger charge is 2.10. The Morgan fingerprint density at radius 1 is 1.42 bits per heavy atom. The quantitative estimate of drug-likeness (QED) is 0.866. The van der Waals surface area contributed by atoms with Gasteiger partial charge in [0.05, 0.1) is 28.9 Å². The largest absolute Gasteiger partial charge is 0.495 e. The number of nitrogens with zero attached hydrogens (tertiary/aromatic N) is 3. The number of nitriles is 1. The molecule has 0 amide bonds. The lowest BCUT2D eigenvalue weighted by Gasteiger charge is -2.11. The Morgan fingerprint density at radius 2 is 2.21 bits per heavy atom. The second-order valence-corrected chi connectivity index (χ2v) is 4.63. The van der Waals surface area contributed by atoms with Crippen molar-refractivity contribution in [3.8, 4) is 11.8 Å². The van der Waals surface area contributed by atoms with E-state index in [0.717, 1.165) is 0 Å². The van der Waals surface area contributed by atoms with Gasteiger partial charge in [-0.05, 0) is 28.1 Å². The fourth-order valence-corrected chi connectivity index (χ4v) is 1.86. The smallest absolute Gasteiger partial charge is 0.149 e. The number of ether oxygens (including phenoxy) is 1. The zero-order valence-electron chi connectivity index (χ0n) is 9.82. The maximum absolute atomic E-state index is 8.85. The van der Waals surface area contributed by atoms with Gasteiger partial charge in [0, 0.05) is 6.07 Å². The molecule has 0 radical (unpaired) electrons. The van der Waals surface area contributed by atoms with Gasteiger partial charge in [-0.25, -0.2) is 9.97 Å². The zero-order chi connectivity index (χ0) is 13.8. The SMILES string of the molecule is COc1cc(C#N)ccc1Nc1ncnc(Cl)c1Br. The van der Waals surface area contributed by atoms with Crippen molar-refractivity contribution < 1.29 is 4.74 Å². The third-order valence-corrected chi connectivity index (χ3v) is 3.60. The molecule has 0 spiro atoms. The highest BCUT2D eigenvalue weighted by Crippen LogP contribution is 2.32. The first-order valence-corrected chi connectivity index (χ1v) is 6.34. The number of halogens is 2. The van der Waals surface area contributed by atoms with Crippen LogP contribution in [0.2, 0.25) is 5.15 Å². The summed E-state index contributed by atoms with van der Waals surface area (Å²) in [6, 6.07) is 7.11. The standard InChI is InChI=1S/C12H8BrClN4O/c1-19-9-4-7(5-15)2-3-8(9)18-12-10(13)11(14)16-6-17-12/h2-4,6H,1H3,(H,16,17,18). The molecule has 1 aromatic carbocycles. The van der Waals surface area contributed by atoms with Crippen LogP contribution < -0.4 is 10.1 Å². The molecule has 2 aromatic rings. The maximum Gasteiger partial charge on any atom is 0.149 e. The fourth-order valence-electron chi connectivity index (χ4n) is 1.43. The fraction of sp³-hybridized carbons (Fsp3) is 0.0833. The molecule has 7 heteroatoms. The third kappa shape index (κ3) is 2.95. The second kappa shape index (κ2) is 5.87. The van der Waals surface area contributed by atoms with Gasteiger partial charge in [0.15, 0.2) is 0 Å². The van der Waals surface area contributed by atoms with Crippen molar-refractivity contribution in [1.29, 1.82) is 5.26 Å². The van der Waals surface area contributed by atoms with E-state index in [1.54, 1.807) is 18.2 Å². The van der Waals surface area contributed by atoms with Crippen LogP contribution in [0.1, 0.15) is 5.56 Å². The lowest BCUT2D eigenvalue weighted by Crippen LogP contribution is -1.99. The summed E-state index contributed by atoms with van der Waals surface area (Å²) in [5.41, 5.74) is 1.19. The maximum atomic E-state index is 8.85. The van der Waals surface area contributed by atoms with E-state index in [1.807, 2.05) is 6.07 Å². The number of anilines is 2. The minimum atomic E-state index is 0.310. The van der Waals surface area contributed by atoms with Crippen molar-refractivity contribution in [1.82, 2.24) is 9.97 Å². The van der Waals surface area contributed by atoms with E-state index in [1.165, 1.54) is 13.4 Å². The van der Waals surface area contributed by atoms with Crippen LogP contribution in [-0.2, 0) is 0 Å². The molecule has 0 saturated heterocycles. The summed E-state index contributed by atoms with van der Waals surface area (Å²) < 4.78 is 5.78. The summed E-state index contributed by atoms with van der Waals surface area (Å²) in [4.78, 5) is 7.92. The van der Waals surface area contributed by atoms with Crippen molar-refractivity contribution >= 4 is 39.0 Å². The van der Waals surface area contributed by atoms with Gasteiger partial charge in [0.2, 0.25) is 0 Å². The molecule has 5 nitrogen and oxygen atoms in total. The number of methoxy groups -OCH3 is 1. The number of benzene rings is 1. The molecule has 0 saturated carbocycles. The van der Waals surface area contributed by atoms with E-state index in [9.17, 15) is 0 Å². The first-order valence-electron chi connectivity index (χ1n) is 5.17. The van der Waals surface area contributed by atoms with Gasteiger partial charge in [-0.15, -0.1) is 0 Å². The highest BCUT2D eigenvalue weighted by molar-refractivity contribution is 9.10. The molecule has 0 unspecified atom stereocenters. The zero-order valence-corrected chi connectivity index (χ0v) is 12.2. The Hall–Kier alpha value is -1.84. The van der Waals surface area contributed by atoms with Crippen LogP contribution in [0.5, 0.6) is 5.75 Å². The van der Waals surface area contributed by atoms with E-state index in [-0.39, 0.29) is 0 Å². The van der Waals surface area contributed by atoms with Crippen LogP contribution in [0.4, 0.5) is 11.5 Å². The minimum absolute atomic E-state index is 0.310. The topological polar surface area (TPSA) is 70.8 Å². The Kier molecular flexibility index (Phi) is 4.20. The van der Waals surface area contributed by atoms with Crippen LogP contribution in [0.3, 0.4) is 0 Å². The molecule has 0 aliphatic heterocycles. The number of aromatic nitrogens is 2. The van der Waals surface area contributed by atoms with Crippen LogP contribution in [0.15, 0.2) is 29.0 Å².